The standard InChI is InChI=1S/C19H26N4O2/c1-14(17-11-20-23(2)12-17)21-19(24)22-18(10-15-8-9-25-13-15)16-6-4-3-5-7-16/h3-7,11-12,14-15,18H,8-10,13H2,1-2H3,(H2,21,22,24)/t14-,15+,18-/m0/s1. The molecule has 0 unspecified atom stereocenters. The van der Waals surface area contributed by atoms with Crippen LogP contribution in [0, 0.1) is 5.92 Å². The van der Waals surface area contributed by atoms with E-state index in [9.17, 15) is 4.79 Å². The maximum atomic E-state index is 12.5. The molecule has 1 aromatic carbocycles. The lowest BCUT2D eigenvalue weighted by atomic mass is 9.94. The Hall–Kier alpha value is -2.34. The Morgan fingerprint density at radius 3 is 2.76 bits per heavy atom. The summed E-state index contributed by atoms with van der Waals surface area (Å²) in [5.74, 6) is 0.487. The molecule has 134 valence electrons. The molecule has 6 heteroatoms. The summed E-state index contributed by atoms with van der Waals surface area (Å²) in [5, 5.41) is 10.3. The number of carbonyl (C=O) groups excluding carboxylic acids is 1. The second kappa shape index (κ2) is 8.16. The summed E-state index contributed by atoms with van der Waals surface area (Å²) in [5.41, 5.74) is 2.11. The first-order valence-electron chi connectivity index (χ1n) is 8.80. The maximum absolute atomic E-state index is 12.5. The molecule has 2 amide bonds. The first kappa shape index (κ1) is 17.5. The molecule has 2 N–H and O–H groups in total. The van der Waals surface area contributed by atoms with Crippen LogP contribution in [0.1, 0.15) is 43.0 Å². The van der Waals surface area contributed by atoms with Gasteiger partial charge in [-0.25, -0.2) is 4.79 Å². The summed E-state index contributed by atoms with van der Waals surface area (Å²) in [4.78, 5) is 12.5. The Bertz CT molecular complexity index is 680. The molecule has 1 aliphatic rings. The molecule has 3 rings (SSSR count). The summed E-state index contributed by atoms with van der Waals surface area (Å²) in [6.45, 7) is 3.55. The van der Waals surface area contributed by atoms with E-state index in [-0.39, 0.29) is 18.1 Å². The molecule has 3 atom stereocenters. The van der Waals surface area contributed by atoms with Crippen molar-refractivity contribution in [2.24, 2.45) is 13.0 Å². The van der Waals surface area contributed by atoms with Gasteiger partial charge in [0.05, 0.1) is 18.3 Å². The summed E-state index contributed by atoms with van der Waals surface area (Å²) >= 11 is 0. The summed E-state index contributed by atoms with van der Waals surface area (Å²) in [7, 11) is 1.87. The zero-order chi connectivity index (χ0) is 17.6. The first-order valence-corrected chi connectivity index (χ1v) is 8.80. The number of urea groups is 1. The Morgan fingerprint density at radius 2 is 2.12 bits per heavy atom. The number of rotatable bonds is 6. The van der Waals surface area contributed by atoms with E-state index in [2.05, 4.69) is 27.9 Å². The molecule has 0 aliphatic carbocycles. The molecular weight excluding hydrogens is 316 g/mol. The molecule has 1 saturated heterocycles. The molecule has 1 fully saturated rings. The average molecular weight is 342 g/mol. The van der Waals surface area contributed by atoms with Crippen molar-refractivity contribution < 1.29 is 9.53 Å². The van der Waals surface area contributed by atoms with Crippen LogP contribution in [0.15, 0.2) is 42.7 Å². The van der Waals surface area contributed by atoms with Gasteiger partial charge in [0, 0.05) is 32.0 Å². The fourth-order valence-electron chi connectivity index (χ4n) is 3.21. The Kier molecular flexibility index (Phi) is 5.71. The quantitative estimate of drug-likeness (QED) is 0.848. The predicted molar refractivity (Wildman–Crippen MR) is 96.0 cm³/mol. The summed E-state index contributed by atoms with van der Waals surface area (Å²) in [6, 6.07) is 9.84. The van der Waals surface area contributed by atoms with Gasteiger partial charge in [0.2, 0.25) is 0 Å². The smallest absolute Gasteiger partial charge is 0.315 e. The van der Waals surface area contributed by atoms with Crippen LogP contribution in [0.3, 0.4) is 0 Å². The van der Waals surface area contributed by atoms with Crippen LogP contribution < -0.4 is 10.6 Å². The van der Waals surface area contributed by atoms with Crippen LogP contribution in [-0.4, -0.2) is 29.0 Å². The van der Waals surface area contributed by atoms with Crippen molar-refractivity contribution in [3.63, 3.8) is 0 Å². The van der Waals surface area contributed by atoms with Gasteiger partial charge in [-0.1, -0.05) is 30.3 Å². The fraction of sp³-hybridized carbons (Fsp3) is 0.474. The van der Waals surface area contributed by atoms with Gasteiger partial charge >= 0.3 is 6.03 Å². The molecule has 0 radical (unpaired) electrons. The van der Waals surface area contributed by atoms with Gasteiger partial charge in [-0.05, 0) is 31.2 Å². The van der Waals surface area contributed by atoms with Gasteiger partial charge < -0.3 is 15.4 Å². The maximum Gasteiger partial charge on any atom is 0.315 e. The van der Waals surface area contributed by atoms with Gasteiger partial charge in [0.15, 0.2) is 0 Å². The monoisotopic (exact) mass is 342 g/mol. The van der Waals surface area contributed by atoms with E-state index in [4.69, 9.17) is 4.74 Å². The van der Waals surface area contributed by atoms with Crippen LogP contribution in [0.5, 0.6) is 0 Å². The van der Waals surface area contributed by atoms with E-state index in [1.54, 1.807) is 10.9 Å². The second-order valence-corrected chi connectivity index (χ2v) is 6.72. The highest BCUT2D eigenvalue weighted by Crippen LogP contribution is 2.26. The number of ether oxygens (including phenoxy) is 1. The van der Waals surface area contributed by atoms with Crippen LogP contribution >= 0.6 is 0 Å². The van der Waals surface area contributed by atoms with E-state index in [0.717, 1.165) is 37.2 Å². The molecule has 0 bridgehead atoms. The van der Waals surface area contributed by atoms with E-state index in [1.807, 2.05) is 38.4 Å². The van der Waals surface area contributed by atoms with Crippen molar-refractivity contribution in [3.05, 3.63) is 53.9 Å². The lowest BCUT2D eigenvalue weighted by Crippen LogP contribution is -2.39. The van der Waals surface area contributed by atoms with Crippen LogP contribution in [0.25, 0.3) is 0 Å². The normalized spacial score (nSPS) is 19.4. The fourth-order valence-corrected chi connectivity index (χ4v) is 3.21. The van der Waals surface area contributed by atoms with Crippen molar-refractivity contribution >= 4 is 6.03 Å². The number of aryl methyl sites for hydroxylation is 1. The minimum absolute atomic E-state index is 0.0194. The second-order valence-electron chi connectivity index (χ2n) is 6.72. The molecule has 2 heterocycles. The van der Waals surface area contributed by atoms with Crippen LogP contribution in [0.2, 0.25) is 0 Å². The van der Waals surface area contributed by atoms with Crippen molar-refractivity contribution in [1.29, 1.82) is 0 Å². The van der Waals surface area contributed by atoms with Crippen LogP contribution in [0.4, 0.5) is 4.79 Å². The molecule has 25 heavy (non-hydrogen) atoms. The molecule has 0 saturated carbocycles. The van der Waals surface area contributed by atoms with Crippen molar-refractivity contribution in [2.75, 3.05) is 13.2 Å². The highest BCUT2D eigenvalue weighted by atomic mass is 16.5. The molecule has 2 aromatic rings. The highest BCUT2D eigenvalue weighted by molar-refractivity contribution is 5.75. The van der Waals surface area contributed by atoms with E-state index in [1.165, 1.54) is 0 Å². The molecular formula is C19H26N4O2. The average Bonchev–Trinajstić information content (AvgIpc) is 3.26. The lowest BCUT2D eigenvalue weighted by molar-refractivity contribution is 0.181. The van der Waals surface area contributed by atoms with Gasteiger partial charge in [0.1, 0.15) is 0 Å². The van der Waals surface area contributed by atoms with Gasteiger partial charge in [0.25, 0.3) is 0 Å². The molecule has 6 nitrogen and oxygen atoms in total. The van der Waals surface area contributed by atoms with E-state index in [0.29, 0.717) is 5.92 Å². The lowest BCUT2D eigenvalue weighted by Gasteiger charge is -2.23. The number of benzene rings is 1. The third-order valence-electron chi connectivity index (χ3n) is 4.67. The zero-order valence-electron chi connectivity index (χ0n) is 14.8. The number of nitrogens with zero attached hydrogens (tertiary/aromatic N) is 2. The molecule has 1 aliphatic heterocycles. The Morgan fingerprint density at radius 1 is 1.32 bits per heavy atom. The van der Waals surface area contributed by atoms with Crippen molar-refractivity contribution in [3.8, 4) is 0 Å². The number of hydrogen-bond donors (Lipinski definition) is 2. The third kappa shape index (κ3) is 4.82. The van der Waals surface area contributed by atoms with Crippen molar-refractivity contribution in [2.45, 2.75) is 31.8 Å². The number of nitrogens with one attached hydrogen (secondary N) is 2. The molecule has 0 spiro atoms. The topological polar surface area (TPSA) is 68.2 Å². The first-order chi connectivity index (χ1) is 12.1. The number of aromatic nitrogens is 2. The zero-order valence-corrected chi connectivity index (χ0v) is 14.8. The van der Waals surface area contributed by atoms with Gasteiger partial charge in [-0.15, -0.1) is 0 Å². The molecule has 1 aromatic heterocycles. The third-order valence-corrected chi connectivity index (χ3v) is 4.67. The predicted octanol–water partition coefficient (Wildman–Crippen LogP) is 2.95. The number of carbonyl (C=O) groups is 1. The summed E-state index contributed by atoms with van der Waals surface area (Å²) in [6.07, 6.45) is 5.63. The minimum atomic E-state index is -0.163. The highest BCUT2D eigenvalue weighted by Gasteiger charge is 2.23. The number of hydrogen-bond acceptors (Lipinski definition) is 3. The van der Waals surface area contributed by atoms with E-state index < -0.39 is 0 Å². The minimum Gasteiger partial charge on any atom is -0.381 e. The van der Waals surface area contributed by atoms with E-state index >= 15 is 0 Å². The van der Waals surface area contributed by atoms with Crippen LogP contribution in [-0.2, 0) is 11.8 Å². The summed E-state index contributed by atoms with van der Waals surface area (Å²) < 4.78 is 7.22. The van der Waals surface area contributed by atoms with Gasteiger partial charge in [-0.3, -0.25) is 4.68 Å². The van der Waals surface area contributed by atoms with Crippen molar-refractivity contribution in [1.82, 2.24) is 20.4 Å². The Balaban J connectivity index is 1.63. The number of amides is 2. The Labute approximate surface area is 148 Å². The SMILES string of the molecule is C[C@H](NC(=O)N[C@@H](C[C@H]1CCOC1)c1ccccc1)c1cnn(C)c1. The van der Waals surface area contributed by atoms with Gasteiger partial charge in [-0.2, -0.15) is 5.10 Å². The largest absolute Gasteiger partial charge is 0.381 e.